The van der Waals surface area contributed by atoms with Gasteiger partial charge in [0.2, 0.25) is 0 Å². The highest BCUT2D eigenvalue weighted by molar-refractivity contribution is 6.32. The summed E-state index contributed by atoms with van der Waals surface area (Å²) in [7, 11) is 0. The maximum Gasteiger partial charge on any atom is 0.0841 e. The summed E-state index contributed by atoms with van der Waals surface area (Å²) in [5.41, 5.74) is 9.28. The highest BCUT2D eigenvalue weighted by atomic mass is 15.0. The lowest BCUT2D eigenvalue weighted by Gasteiger charge is -2.17. The summed E-state index contributed by atoms with van der Waals surface area (Å²) in [4.78, 5) is 0. The molecule has 0 atom stereocenters. The standard InChI is InChI=1S/C36H24N2/c1-3-23-37-29-21-13-11-19-27(29)33-32(26-17-9-6-10-18-26)36-34(31(35(33)37)25-15-7-5-8-16-25)28-20-12-14-22-30(28)38(36)24-4-2/h1-2,5-22H,23-24H2. The molecule has 2 heterocycles. The average Bonchev–Trinajstić information content (AvgIpc) is 3.47. The number of hydrogen-bond donors (Lipinski definition) is 0. The highest BCUT2D eigenvalue weighted by Crippen LogP contribution is 2.50. The Kier molecular flexibility index (Phi) is 5.07. The molecule has 38 heavy (non-hydrogen) atoms. The van der Waals surface area contributed by atoms with Gasteiger partial charge >= 0.3 is 0 Å². The molecule has 0 aliphatic rings. The van der Waals surface area contributed by atoms with Crippen LogP contribution in [0.1, 0.15) is 0 Å². The molecule has 2 nitrogen and oxygen atoms in total. The van der Waals surface area contributed by atoms with E-state index in [1.807, 2.05) is 0 Å². The molecule has 0 spiro atoms. The summed E-state index contributed by atoms with van der Waals surface area (Å²) in [6.45, 7) is 0.957. The van der Waals surface area contributed by atoms with Gasteiger partial charge in [-0.25, -0.2) is 0 Å². The topological polar surface area (TPSA) is 9.86 Å². The molecular weight excluding hydrogens is 460 g/mol. The lowest BCUT2D eigenvalue weighted by Crippen LogP contribution is -2.00. The Morgan fingerprint density at radius 3 is 1.24 bits per heavy atom. The SMILES string of the molecule is C#CCn1c2ccccc2c2c(-c3ccccc3)c3c(c(-c4ccccc4)c21)c1ccccc1n3CC#C. The number of fused-ring (bicyclic) bond motifs is 6. The molecule has 0 fully saturated rings. The predicted octanol–water partition coefficient (Wildman–Crippen LogP) is 8.50. The first kappa shape index (κ1) is 22.1. The van der Waals surface area contributed by atoms with Gasteiger partial charge in [0.15, 0.2) is 0 Å². The van der Waals surface area contributed by atoms with Crippen LogP contribution in [0.25, 0.3) is 65.9 Å². The van der Waals surface area contributed by atoms with E-state index in [1.54, 1.807) is 0 Å². The normalized spacial score (nSPS) is 11.3. The third-order valence-corrected chi connectivity index (χ3v) is 7.54. The fourth-order valence-electron chi connectivity index (χ4n) is 6.15. The van der Waals surface area contributed by atoms with E-state index < -0.39 is 0 Å². The number of rotatable bonds is 4. The van der Waals surface area contributed by atoms with Crippen LogP contribution in [0, 0.1) is 24.7 Å². The zero-order chi connectivity index (χ0) is 25.6. The lowest BCUT2D eigenvalue weighted by atomic mass is 9.90. The van der Waals surface area contributed by atoms with Gasteiger partial charge in [0.25, 0.3) is 0 Å². The smallest absolute Gasteiger partial charge is 0.0841 e. The molecule has 0 unspecified atom stereocenters. The van der Waals surface area contributed by atoms with Crippen LogP contribution in [-0.2, 0) is 13.1 Å². The van der Waals surface area contributed by atoms with Crippen LogP contribution in [0.5, 0.6) is 0 Å². The minimum atomic E-state index is 0.479. The van der Waals surface area contributed by atoms with Crippen LogP contribution in [-0.4, -0.2) is 9.13 Å². The Morgan fingerprint density at radius 2 is 0.842 bits per heavy atom. The summed E-state index contributed by atoms with van der Waals surface area (Å²) in [5.74, 6) is 5.87. The van der Waals surface area contributed by atoms with Crippen molar-refractivity contribution < 1.29 is 0 Å². The van der Waals surface area contributed by atoms with Crippen molar-refractivity contribution in [2.75, 3.05) is 0 Å². The van der Waals surface area contributed by atoms with E-state index in [0.717, 1.165) is 33.2 Å². The minimum Gasteiger partial charge on any atom is -0.328 e. The summed E-state index contributed by atoms with van der Waals surface area (Å²) < 4.78 is 4.62. The van der Waals surface area contributed by atoms with E-state index >= 15 is 0 Å². The summed E-state index contributed by atoms with van der Waals surface area (Å²) in [6, 6.07) is 38.5. The van der Waals surface area contributed by atoms with Crippen molar-refractivity contribution >= 4 is 43.6 Å². The molecule has 0 bridgehead atoms. The average molecular weight is 485 g/mol. The fraction of sp³-hybridized carbons (Fsp3) is 0.0556. The number of benzene rings is 5. The van der Waals surface area contributed by atoms with Gasteiger partial charge in [-0.2, -0.15) is 0 Å². The van der Waals surface area contributed by atoms with Crippen molar-refractivity contribution in [2.45, 2.75) is 13.1 Å². The Balaban J connectivity index is 1.90. The van der Waals surface area contributed by atoms with Crippen molar-refractivity contribution in [3.63, 3.8) is 0 Å². The molecule has 0 aliphatic heterocycles. The van der Waals surface area contributed by atoms with Crippen LogP contribution in [0.3, 0.4) is 0 Å². The van der Waals surface area contributed by atoms with Crippen molar-refractivity contribution in [1.29, 1.82) is 0 Å². The lowest BCUT2D eigenvalue weighted by molar-refractivity contribution is 0.921. The molecule has 0 saturated carbocycles. The van der Waals surface area contributed by atoms with Crippen LogP contribution in [0.4, 0.5) is 0 Å². The quantitative estimate of drug-likeness (QED) is 0.222. The van der Waals surface area contributed by atoms with E-state index in [2.05, 4.69) is 130 Å². The first-order valence-corrected chi connectivity index (χ1v) is 12.8. The van der Waals surface area contributed by atoms with Crippen LogP contribution in [0.15, 0.2) is 109 Å². The molecular formula is C36H24N2. The second-order valence-corrected chi connectivity index (χ2v) is 9.54. The van der Waals surface area contributed by atoms with Crippen molar-refractivity contribution in [1.82, 2.24) is 9.13 Å². The number of hydrogen-bond acceptors (Lipinski definition) is 0. The second kappa shape index (κ2) is 8.74. The molecule has 0 radical (unpaired) electrons. The number of nitrogens with zero attached hydrogens (tertiary/aromatic N) is 2. The van der Waals surface area contributed by atoms with Crippen LogP contribution >= 0.6 is 0 Å². The molecule has 0 N–H and O–H groups in total. The monoisotopic (exact) mass is 484 g/mol. The van der Waals surface area contributed by atoms with E-state index in [9.17, 15) is 0 Å². The summed E-state index contributed by atoms with van der Waals surface area (Å²) >= 11 is 0. The molecule has 0 amide bonds. The number of para-hydroxylation sites is 2. The molecule has 2 aromatic heterocycles. The van der Waals surface area contributed by atoms with Crippen molar-refractivity contribution in [2.24, 2.45) is 0 Å². The first-order valence-electron chi connectivity index (χ1n) is 12.8. The predicted molar refractivity (Wildman–Crippen MR) is 161 cm³/mol. The highest BCUT2D eigenvalue weighted by Gasteiger charge is 2.27. The fourth-order valence-corrected chi connectivity index (χ4v) is 6.15. The van der Waals surface area contributed by atoms with E-state index in [1.165, 1.54) is 32.7 Å². The van der Waals surface area contributed by atoms with E-state index in [-0.39, 0.29) is 0 Å². The Hall–Kier alpha value is -5.18. The van der Waals surface area contributed by atoms with Gasteiger partial charge in [-0.15, -0.1) is 12.8 Å². The first-order chi connectivity index (χ1) is 18.8. The van der Waals surface area contributed by atoms with Gasteiger partial charge in [-0.3, -0.25) is 0 Å². The largest absolute Gasteiger partial charge is 0.328 e. The minimum absolute atomic E-state index is 0.479. The molecule has 0 saturated heterocycles. The number of terminal acetylenes is 2. The maximum absolute atomic E-state index is 5.99. The van der Waals surface area contributed by atoms with Crippen molar-refractivity contribution in [3.8, 4) is 46.9 Å². The van der Waals surface area contributed by atoms with Gasteiger partial charge in [0.1, 0.15) is 0 Å². The number of aromatic nitrogens is 2. The Bertz CT molecular complexity index is 1920. The second-order valence-electron chi connectivity index (χ2n) is 9.54. The Morgan fingerprint density at radius 1 is 0.474 bits per heavy atom. The summed E-state index contributed by atoms with van der Waals surface area (Å²) in [6.07, 6.45) is 12.0. The van der Waals surface area contributed by atoms with E-state index in [0.29, 0.717) is 13.1 Å². The van der Waals surface area contributed by atoms with E-state index in [4.69, 9.17) is 12.8 Å². The molecule has 7 aromatic rings. The van der Waals surface area contributed by atoms with Crippen molar-refractivity contribution in [3.05, 3.63) is 109 Å². The van der Waals surface area contributed by atoms with Gasteiger partial charge in [-0.1, -0.05) is 109 Å². The summed E-state index contributed by atoms with van der Waals surface area (Å²) in [5, 5.41) is 4.78. The van der Waals surface area contributed by atoms with Crippen LogP contribution < -0.4 is 0 Å². The molecule has 0 aliphatic carbocycles. The molecule has 2 heteroatoms. The van der Waals surface area contributed by atoms with Gasteiger partial charge in [0, 0.05) is 32.7 Å². The molecule has 178 valence electrons. The third-order valence-electron chi connectivity index (χ3n) is 7.54. The molecule has 7 rings (SSSR count). The third kappa shape index (κ3) is 3.05. The van der Waals surface area contributed by atoms with Gasteiger partial charge in [-0.05, 0) is 23.3 Å². The van der Waals surface area contributed by atoms with Gasteiger partial charge < -0.3 is 9.13 Å². The zero-order valence-corrected chi connectivity index (χ0v) is 20.9. The zero-order valence-electron chi connectivity index (χ0n) is 20.9. The van der Waals surface area contributed by atoms with Crippen LogP contribution in [0.2, 0.25) is 0 Å². The Labute approximate surface area is 221 Å². The molecule has 5 aromatic carbocycles. The van der Waals surface area contributed by atoms with Gasteiger partial charge in [0.05, 0.1) is 35.2 Å². The maximum atomic E-state index is 5.99.